The number of hydrogen-bond donors (Lipinski definition) is 6. The van der Waals surface area contributed by atoms with E-state index in [9.17, 15) is 30.3 Å². The molecule has 358 valence electrons. The van der Waals surface area contributed by atoms with Gasteiger partial charge in [-0.3, -0.25) is 4.79 Å². The third-order valence-corrected chi connectivity index (χ3v) is 10.8. The van der Waals surface area contributed by atoms with Crippen LogP contribution in [0.15, 0.2) is 109 Å². The Morgan fingerprint density at radius 3 is 1.52 bits per heavy atom. The van der Waals surface area contributed by atoms with E-state index in [1.807, 2.05) is 6.08 Å². The quantitative estimate of drug-likeness (QED) is 0.0264. The van der Waals surface area contributed by atoms with Crippen LogP contribution < -0.4 is 5.32 Å². The van der Waals surface area contributed by atoms with Gasteiger partial charge in [-0.05, 0) is 96.3 Å². The molecule has 0 bridgehead atoms. The molecule has 1 heterocycles. The van der Waals surface area contributed by atoms with Crippen LogP contribution in [0, 0.1) is 0 Å². The van der Waals surface area contributed by atoms with E-state index < -0.39 is 49.5 Å². The molecule has 1 amide bonds. The lowest BCUT2D eigenvalue weighted by Crippen LogP contribution is -2.60. The zero-order valence-electron chi connectivity index (χ0n) is 39.3. The molecule has 7 atom stereocenters. The number of aliphatic hydroxyl groups is 5. The van der Waals surface area contributed by atoms with Crippen molar-refractivity contribution >= 4 is 5.91 Å². The summed E-state index contributed by atoms with van der Waals surface area (Å²) in [4.78, 5) is 13.0. The molecule has 0 aromatic carbocycles. The molecule has 1 fully saturated rings. The molecule has 7 unspecified atom stereocenters. The third-order valence-electron chi connectivity index (χ3n) is 10.8. The normalized spacial score (nSPS) is 21.2. The van der Waals surface area contributed by atoms with Crippen LogP contribution in [0.3, 0.4) is 0 Å². The minimum absolute atomic E-state index is 0.221. The SMILES string of the molecule is CC/C=C\C/C=C\C/C=C\C/C=C\C/C=C\C/C=C\CCCCCCC(=O)NC(COC1OC(CO)C(O)C(O)C1O)C(O)/C=C/CC/C=C/CC/C=C/CCCCCCCCC. The largest absolute Gasteiger partial charge is 0.394 e. The predicted octanol–water partition coefficient (Wildman–Crippen LogP) is 11.1. The summed E-state index contributed by atoms with van der Waals surface area (Å²) in [5.41, 5.74) is 0. The van der Waals surface area contributed by atoms with Gasteiger partial charge in [0, 0.05) is 6.42 Å². The molecule has 6 N–H and O–H groups in total. The van der Waals surface area contributed by atoms with Crippen molar-refractivity contribution in [1.82, 2.24) is 5.32 Å². The molecular weight excluding hydrogens is 791 g/mol. The first-order valence-corrected chi connectivity index (χ1v) is 24.6. The third kappa shape index (κ3) is 33.1. The van der Waals surface area contributed by atoms with Crippen LogP contribution in [0.1, 0.15) is 168 Å². The Labute approximate surface area is 383 Å². The molecule has 9 nitrogen and oxygen atoms in total. The van der Waals surface area contributed by atoms with Crippen molar-refractivity contribution in [2.24, 2.45) is 0 Å². The zero-order chi connectivity index (χ0) is 45.9. The fraction of sp³-hybridized carbons (Fsp3) is 0.648. The number of carbonyl (C=O) groups excluding carboxylic acids is 1. The summed E-state index contributed by atoms with van der Waals surface area (Å²) in [7, 11) is 0. The van der Waals surface area contributed by atoms with E-state index in [2.05, 4.69) is 116 Å². The molecule has 1 rings (SSSR count). The molecule has 0 aromatic rings. The molecule has 1 saturated heterocycles. The fourth-order valence-corrected chi connectivity index (χ4v) is 6.89. The van der Waals surface area contributed by atoms with Crippen LogP contribution >= 0.6 is 0 Å². The molecule has 0 spiro atoms. The van der Waals surface area contributed by atoms with Gasteiger partial charge in [0.15, 0.2) is 6.29 Å². The van der Waals surface area contributed by atoms with Crippen molar-refractivity contribution in [2.45, 2.75) is 211 Å². The van der Waals surface area contributed by atoms with Crippen molar-refractivity contribution in [3.8, 4) is 0 Å². The maximum absolute atomic E-state index is 13.0. The molecule has 9 heteroatoms. The van der Waals surface area contributed by atoms with Gasteiger partial charge in [-0.1, -0.05) is 175 Å². The van der Waals surface area contributed by atoms with E-state index in [-0.39, 0.29) is 12.5 Å². The van der Waals surface area contributed by atoms with Crippen molar-refractivity contribution in [2.75, 3.05) is 13.2 Å². The van der Waals surface area contributed by atoms with Crippen molar-refractivity contribution < 1.29 is 39.8 Å². The summed E-state index contributed by atoms with van der Waals surface area (Å²) in [6.45, 7) is 3.59. The predicted molar refractivity (Wildman–Crippen MR) is 262 cm³/mol. The van der Waals surface area contributed by atoms with E-state index >= 15 is 0 Å². The maximum Gasteiger partial charge on any atom is 0.220 e. The van der Waals surface area contributed by atoms with Crippen LogP contribution in [-0.4, -0.2) is 87.5 Å². The molecule has 63 heavy (non-hydrogen) atoms. The van der Waals surface area contributed by atoms with E-state index in [4.69, 9.17) is 9.47 Å². The van der Waals surface area contributed by atoms with Gasteiger partial charge in [0.2, 0.25) is 5.91 Å². The Hall–Kier alpha value is -3.15. The number of hydrogen-bond acceptors (Lipinski definition) is 8. The molecule has 0 aromatic heterocycles. The second-order valence-electron chi connectivity index (χ2n) is 16.5. The summed E-state index contributed by atoms with van der Waals surface area (Å²) < 4.78 is 11.2. The Morgan fingerprint density at radius 1 is 0.556 bits per heavy atom. The number of rotatable bonds is 39. The number of allylic oxidation sites excluding steroid dienone is 17. The smallest absolute Gasteiger partial charge is 0.220 e. The lowest BCUT2D eigenvalue weighted by atomic mass is 9.99. The highest BCUT2D eigenvalue weighted by atomic mass is 16.7. The van der Waals surface area contributed by atoms with Gasteiger partial charge in [0.25, 0.3) is 0 Å². The molecule has 1 aliphatic heterocycles. The molecule has 1 aliphatic rings. The van der Waals surface area contributed by atoms with Gasteiger partial charge in [0.05, 0.1) is 25.4 Å². The zero-order valence-corrected chi connectivity index (χ0v) is 39.3. The fourth-order valence-electron chi connectivity index (χ4n) is 6.89. The van der Waals surface area contributed by atoms with Gasteiger partial charge in [-0.15, -0.1) is 0 Å². The second-order valence-corrected chi connectivity index (χ2v) is 16.5. The lowest BCUT2D eigenvalue weighted by Gasteiger charge is -2.40. The lowest BCUT2D eigenvalue weighted by molar-refractivity contribution is -0.302. The summed E-state index contributed by atoms with van der Waals surface area (Å²) in [6, 6.07) is -0.849. The van der Waals surface area contributed by atoms with Gasteiger partial charge in [-0.2, -0.15) is 0 Å². The standard InChI is InChI=1S/C54H89NO8/c1-3-5-7-9-11-13-15-17-19-21-22-23-24-25-26-28-30-32-34-36-38-40-42-44-50(58)55-47(46-62-54-53(61)52(60)51(59)49(45-56)63-54)48(57)43-41-39-37-35-33-31-29-27-20-18-16-14-12-10-8-6-4-2/h5,7,11,13,17,19-20,22-23,25-27,30,32-33,35,41,43,47-49,51-54,56-57,59-61H,3-4,6,8-10,12,14-16,18,21,24,28-29,31,34,36-40,42,44-46H2,1-2H3,(H,55,58)/b7-5-,13-11-,19-17-,23-22-,26-25-,27-20+,32-30-,35-33+,43-41+. The monoisotopic (exact) mass is 880 g/mol. The summed E-state index contributed by atoms with van der Waals surface area (Å²) in [5, 5.41) is 54.2. The first-order chi connectivity index (χ1) is 30.8. The first-order valence-electron chi connectivity index (χ1n) is 24.6. The van der Waals surface area contributed by atoms with Gasteiger partial charge >= 0.3 is 0 Å². The average molecular weight is 880 g/mol. The van der Waals surface area contributed by atoms with Crippen molar-refractivity contribution in [1.29, 1.82) is 0 Å². The van der Waals surface area contributed by atoms with Crippen LogP contribution in [0.4, 0.5) is 0 Å². The first kappa shape index (κ1) is 57.9. The highest BCUT2D eigenvalue weighted by molar-refractivity contribution is 5.76. The molecule has 0 aliphatic carbocycles. The molecule has 0 radical (unpaired) electrons. The average Bonchev–Trinajstić information content (AvgIpc) is 3.28. The topological polar surface area (TPSA) is 149 Å². The summed E-state index contributed by atoms with van der Waals surface area (Å²) >= 11 is 0. The minimum Gasteiger partial charge on any atom is -0.394 e. The van der Waals surface area contributed by atoms with Gasteiger partial charge in [0.1, 0.15) is 24.4 Å². The number of nitrogens with one attached hydrogen (secondary N) is 1. The van der Waals surface area contributed by atoms with Gasteiger partial charge < -0.3 is 40.3 Å². The number of amides is 1. The van der Waals surface area contributed by atoms with E-state index in [1.165, 1.54) is 44.9 Å². The number of carbonyl (C=O) groups is 1. The highest BCUT2D eigenvalue weighted by Crippen LogP contribution is 2.22. The molecular formula is C54H89NO8. The van der Waals surface area contributed by atoms with E-state index in [0.717, 1.165) is 89.9 Å². The minimum atomic E-state index is -1.59. The van der Waals surface area contributed by atoms with Gasteiger partial charge in [-0.25, -0.2) is 0 Å². The number of unbranched alkanes of at least 4 members (excludes halogenated alkanes) is 13. The Bertz CT molecular complexity index is 1340. The van der Waals surface area contributed by atoms with Crippen LogP contribution in [0.5, 0.6) is 0 Å². The van der Waals surface area contributed by atoms with Crippen LogP contribution in [0.2, 0.25) is 0 Å². The van der Waals surface area contributed by atoms with Crippen molar-refractivity contribution in [3.63, 3.8) is 0 Å². The van der Waals surface area contributed by atoms with Crippen LogP contribution in [0.25, 0.3) is 0 Å². The molecule has 0 saturated carbocycles. The number of ether oxygens (including phenoxy) is 2. The summed E-state index contributed by atoms with van der Waals surface area (Å²) in [6.07, 6.45) is 55.5. The summed E-state index contributed by atoms with van der Waals surface area (Å²) in [5.74, 6) is -0.221. The van der Waals surface area contributed by atoms with E-state index in [1.54, 1.807) is 6.08 Å². The Kier molecular flexibility index (Phi) is 39.3. The maximum atomic E-state index is 13.0. The Balaban J connectivity index is 2.39. The Morgan fingerprint density at radius 2 is 1.00 bits per heavy atom. The second kappa shape index (κ2) is 42.8. The number of aliphatic hydroxyl groups excluding tert-OH is 5. The van der Waals surface area contributed by atoms with E-state index in [0.29, 0.717) is 19.3 Å². The highest BCUT2D eigenvalue weighted by Gasteiger charge is 2.44. The van der Waals surface area contributed by atoms with Crippen LogP contribution in [-0.2, 0) is 14.3 Å². The van der Waals surface area contributed by atoms with Crippen molar-refractivity contribution in [3.05, 3.63) is 109 Å².